The van der Waals surface area contributed by atoms with Crippen LogP contribution in [0, 0.1) is 6.92 Å². The van der Waals surface area contributed by atoms with E-state index in [1.54, 1.807) is 28.8 Å². The van der Waals surface area contributed by atoms with E-state index >= 15 is 0 Å². The second kappa shape index (κ2) is 9.61. The molecule has 0 fully saturated rings. The van der Waals surface area contributed by atoms with Crippen molar-refractivity contribution in [2.24, 2.45) is 0 Å². The van der Waals surface area contributed by atoms with Crippen LogP contribution in [0.1, 0.15) is 18.2 Å². The molecule has 0 bridgehead atoms. The highest BCUT2D eigenvalue weighted by Gasteiger charge is 2.17. The molecule has 0 aliphatic rings. The van der Waals surface area contributed by atoms with Gasteiger partial charge in [-0.15, -0.1) is 16.4 Å². The Morgan fingerprint density at radius 1 is 1.09 bits per heavy atom. The van der Waals surface area contributed by atoms with Crippen LogP contribution in [-0.4, -0.2) is 39.6 Å². The lowest BCUT2D eigenvalue weighted by molar-refractivity contribution is -0.136. The Morgan fingerprint density at radius 2 is 1.88 bits per heavy atom. The molecule has 2 aromatic heterocycles. The van der Waals surface area contributed by atoms with Crippen LogP contribution < -0.4 is 15.4 Å². The summed E-state index contributed by atoms with van der Waals surface area (Å²) < 4.78 is 7.26. The van der Waals surface area contributed by atoms with Crippen LogP contribution in [0.15, 0.2) is 53.9 Å². The van der Waals surface area contributed by atoms with Gasteiger partial charge in [-0.05, 0) is 31.5 Å². The predicted octanol–water partition coefficient (Wildman–Crippen LogP) is 3.46. The summed E-state index contributed by atoms with van der Waals surface area (Å²) in [5.74, 6) is -0.253. The van der Waals surface area contributed by atoms with Crippen molar-refractivity contribution in [2.45, 2.75) is 20.3 Å². The van der Waals surface area contributed by atoms with Crippen molar-refractivity contribution in [3.05, 3.63) is 65.2 Å². The first-order chi connectivity index (χ1) is 15.6. The van der Waals surface area contributed by atoms with E-state index < -0.39 is 11.8 Å². The fourth-order valence-electron chi connectivity index (χ4n) is 3.25. The Bertz CT molecular complexity index is 1260. The van der Waals surface area contributed by atoms with E-state index in [4.69, 9.17) is 4.74 Å². The van der Waals surface area contributed by atoms with Gasteiger partial charge < -0.3 is 15.4 Å². The fraction of sp³-hybridized carbons (Fsp3) is 0.217. The monoisotopic (exact) mass is 449 g/mol. The molecule has 2 aromatic carbocycles. The van der Waals surface area contributed by atoms with Crippen molar-refractivity contribution in [3.63, 3.8) is 0 Å². The van der Waals surface area contributed by atoms with Crippen LogP contribution >= 0.6 is 11.3 Å². The molecule has 9 heteroatoms. The lowest BCUT2D eigenvalue weighted by Gasteiger charge is -2.11. The minimum Gasteiger partial charge on any atom is -0.492 e. The van der Waals surface area contributed by atoms with Gasteiger partial charge >= 0.3 is 11.8 Å². The van der Waals surface area contributed by atoms with Gasteiger partial charge in [0.2, 0.25) is 4.96 Å². The first-order valence-corrected chi connectivity index (χ1v) is 11.1. The number of fused-ring (bicyclic) bond motifs is 1. The third-order valence-corrected chi connectivity index (χ3v) is 5.71. The number of rotatable bonds is 7. The predicted molar refractivity (Wildman–Crippen MR) is 124 cm³/mol. The van der Waals surface area contributed by atoms with Crippen LogP contribution in [-0.2, 0) is 16.0 Å². The minimum atomic E-state index is -0.741. The largest absolute Gasteiger partial charge is 0.492 e. The molecular formula is C23H23N5O3S. The van der Waals surface area contributed by atoms with Crippen molar-refractivity contribution in [1.29, 1.82) is 0 Å². The molecule has 2 N–H and O–H groups in total. The Kier molecular flexibility index (Phi) is 6.46. The molecule has 0 aliphatic carbocycles. The summed E-state index contributed by atoms with van der Waals surface area (Å²) in [5, 5.41) is 11.8. The summed E-state index contributed by atoms with van der Waals surface area (Å²) in [6.07, 6.45) is 0.519. The standard InChI is InChI=1S/C23H23N5O3S/c1-3-31-19-11-7-6-10-18(19)25-22(30)21(29)24-13-12-16-14-32-23-26-20(27-28(16)23)17-9-5-4-8-15(17)2/h4-11,14H,3,12-13H2,1-2H3,(H,24,29)(H,25,30). The molecule has 0 saturated heterocycles. The lowest BCUT2D eigenvalue weighted by atomic mass is 10.1. The normalized spacial score (nSPS) is 10.8. The molecule has 2 amide bonds. The zero-order chi connectivity index (χ0) is 22.5. The summed E-state index contributed by atoms with van der Waals surface area (Å²) in [6.45, 7) is 4.64. The van der Waals surface area contributed by atoms with Gasteiger partial charge in [0.25, 0.3) is 0 Å². The van der Waals surface area contributed by atoms with E-state index in [1.807, 2.05) is 43.5 Å². The third-order valence-electron chi connectivity index (χ3n) is 4.84. The summed E-state index contributed by atoms with van der Waals surface area (Å²) in [7, 11) is 0. The molecule has 32 heavy (non-hydrogen) atoms. The molecule has 2 heterocycles. The Labute approximate surface area is 189 Å². The van der Waals surface area contributed by atoms with Crippen molar-refractivity contribution in [3.8, 4) is 17.1 Å². The Balaban J connectivity index is 1.37. The quantitative estimate of drug-likeness (QED) is 0.421. The second-order valence-corrected chi connectivity index (χ2v) is 7.90. The minimum absolute atomic E-state index is 0.296. The van der Waals surface area contributed by atoms with Crippen LogP contribution in [0.2, 0.25) is 0 Å². The second-order valence-electron chi connectivity index (χ2n) is 7.06. The summed E-state index contributed by atoms with van der Waals surface area (Å²) >= 11 is 1.49. The van der Waals surface area contributed by atoms with Gasteiger partial charge in [-0.3, -0.25) is 9.59 Å². The van der Waals surface area contributed by atoms with Crippen LogP contribution in [0.3, 0.4) is 0 Å². The number of ether oxygens (including phenoxy) is 1. The molecule has 8 nitrogen and oxygen atoms in total. The summed E-state index contributed by atoms with van der Waals surface area (Å²) in [6, 6.07) is 15.0. The maximum absolute atomic E-state index is 12.3. The van der Waals surface area contributed by atoms with Gasteiger partial charge in [-0.2, -0.15) is 4.98 Å². The van der Waals surface area contributed by atoms with Gasteiger partial charge in [0.05, 0.1) is 18.0 Å². The number of hydrogen-bond donors (Lipinski definition) is 2. The van der Waals surface area contributed by atoms with E-state index in [1.165, 1.54) is 11.3 Å². The van der Waals surface area contributed by atoms with E-state index in [0.29, 0.717) is 36.8 Å². The van der Waals surface area contributed by atoms with Crippen LogP contribution in [0.5, 0.6) is 5.75 Å². The molecule has 0 aliphatic heterocycles. The molecule has 0 atom stereocenters. The number of nitrogens with zero attached hydrogens (tertiary/aromatic N) is 3. The van der Waals surface area contributed by atoms with Crippen molar-refractivity contribution >= 4 is 33.8 Å². The molecule has 164 valence electrons. The molecule has 4 aromatic rings. The third kappa shape index (κ3) is 4.62. The molecular weight excluding hydrogens is 426 g/mol. The van der Waals surface area contributed by atoms with Gasteiger partial charge in [-0.1, -0.05) is 36.4 Å². The van der Waals surface area contributed by atoms with E-state index in [-0.39, 0.29) is 0 Å². The van der Waals surface area contributed by atoms with Gasteiger partial charge in [0.15, 0.2) is 5.82 Å². The van der Waals surface area contributed by atoms with Crippen LogP contribution in [0.25, 0.3) is 16.3 Å². The van der Waals surface area contributed by atoms with Crippen molar-refractivity contribution in [2.75, 3.05) is 18.5 Å². The number of hydrogen-bond acceptors (Lipinski definition) is 6. The van der Waals surface area contributed by atoms with Crippen molar-refractivity contribution < 1.29 is 14.3 Å². The zero-order valence-corrected chi connectivity index (χ0v) is 18.6. The molecule has 0 radical (unpaired) electrons. The lowest BCUT2D eigenvalue weighted by Crippen LogP contribution is -2.36. The highest BCUT2D eigenvalue weighted by molar-refractivity contribution is 7.15. The smallest absolute Gasteiger partial charge is 0.313 e. The van der Waals surface area contributed by atoms with Crippen LogP contribution in [0.4, 0.5) is 5.69 Å². The highest BCUT2D eigenvalue weighted by atomic mass is 32.1. The van der Waals surface area contributed by atoms with Crippen molar-refractivity contribution in [1.82, 2.24) is 19.9 Å². The number of thiazole rings is 1. The van der Waals surface area contributed by atoms with E-state index in [2.05, 4.69) is 20.7 Å². The first kappa shape index (κ1) is 21.5. The maximum atomic E-state index is 12.3. The number of benzene rings is 2. The molecule has 0 unspecified atom stereocenters. The molecule has 4 rings (SSSR count). The number of anilines is 1. The molecule has 0 saturated carbocycles. The topological polar surface area (TPSA) is 97.6 Å². The number of aromatic nitrogens is 3. The zero-order valence-electron chi connectivity index (χ0n) is 17.8. The molecule has 0 spiro atoms. The number of nitrogens with one attached hydrogen (secondary N) is 2. The van der Waals surface area contributed by atoms with E-state index in [0.717, 1.165) is 21.8 Å². The number of carbonyl (C=O) groups is 2. The average molecular weight is 450 g/mol. The fourth-order valence-corrected chi connectivity index (χ4v) is 4.11. The number of para-hydroxylation sites is 2. The number of aryl methyl sites for hydroxylation is 1. The SMILES string of the molecule is CCOc1ccccc1NC(=O)C(=O)NCCc1csc2nc(-c3ccccc3C)nn12. The first-order valence-electron chi connectivity index (χ1n) is 10.3. The Hall–Kier alpha value is -3.72. The number of carbonyl (C=O) groups excluding carboxylic acids is 2. The number of amides is 2. The maximum Gasteiger partial charge on any atom is 0.313 e. The summed E-state index contributed by atoms with van der Waals surface area (Å²) in [5.41, 5.74) is 3.48. The van der Waals surface area contributed by atoms with Gasteiger partial charge in [-0.25, -0.2) is 4.52 Å². The van der Waals surface area contributed by atoms with Gasteiger partial charge in [0, 0.05) is 23.9 Å². The average Bonchev–Trinajstić information content (AvgIpc) is 3.37. The Morgan fingerprint density at radius 3 is 2.69 bits per heavy atom. The van der Waals surface area contributed by atoms with E-state index in [9.17, 15) is 9.59 Å². The van der Waals surface area contributed by atoms with Gasteiger partial charge in [0.1, 0.15) is 5.75 Å². The highest BCUT2D eigenvalue weighted by Crippen LogP contribution is 2.24. The summed E-state index contributed by atoms with van der Waals surface area (Å²) in [4.78, 5) is 29.9.